The first-order chi connectivity index (χ1) is 6.42. The number of nitrogens with one attached hydrogen (secondary N) is 1. The lowest BCUT2D eigenvalue weighted by Gasteiger charge is -2.10. The number of hydrogen-bond acceptors (Lipinski definition) is 1. The Morgan fingerprint density at radius 3 is 3.46 bits per heavy atom. The van der Waals surface area contributed by atoms with Crippen molar-refractivity contribution in [1.82, 2.24) is 5.32 Å². The molecule has 1 nitrogen and oxygen atoms in total. The van der Waals surface area contributed by atoms with Crippen LogP contribution in [0.3, 0.4) is 0 Å². The molecule has 1 aromatic carbocycles. The van der Waals surface area contributed by atoms with Gasteiger partial charge >= 0.3 is 0 Å². The number of fused-ring (bicyclic) bond motifs is 1. The van der Waals surface area contributed by atoms with E-state index in [4.69, 9.17) is 6.42 Å². The fourth-order valence-corrected chi connectivity index (χ4v) is 1.88. The second-order valence-electron chi connectivity index (χ2n) is 3.30. The molecule has 1 N–H and O–H groups in total. The van der Waals surface area contributed by atoms with Crippen molar-refractivity contribution in [3.05, 3.63) is 35.4 Å². The van der Waals surface area contributed by atoms with Crippen LogP contribution in [-0.2, 0) is 6.42 Å². The molecule has 1 heteroatoms. The maximum atomic E-state index is 5.21. The molecule has 0 heterocycles. The van der Waals surface area contributed by atoms with Crippen molar-refractivity contribution in [2.45, 2.75) is 18.9 Å². The van der Waals surface area contributed by atoms with Gasteiger partial charge in [-0.2, -0.15) is 0 Å². The predicted molar refractivity (Wildman–Crippen MR) is 53.2 cm³/mol. The van der Waals surface area contributed by atoms with Gasteiger partial charge in [0.25, 0.3) is 0 Å². The van der Waals surface area contributed by atoms with Gasteiger partial charge in [-0.1, -0.05) is 18.1 Å². The molecule has 0 amide bonds. The van der Waals surface area contributed by atoms with E-state index in [9.17, 15) is 0 Å². The Hall–Kier alpha value is -1.26. The van der Waals surface area contributed by atoms with Crippen LogP contribution >= 0.6 is 0 Å². The van der Waals surface area contributed by atoms with Gasteiger partial charge in [0, 0.05) is 6.04 Å². The minimum atomic E-state index is 0.448. The number of aryl methyl sites for hydroxylation is 1. The number of rotatable bonds is 2. The van der Waals surface area contributed by atoms with E-state index in [2.05, 4.69) is 29.4 Å². The molecule has 1 aromatic rings. The molecule has 2 rings (SSSR count). The molecule has 0 saturated heterocycles. The first kappa shape index (κ1) is 8.34. The standard InChI is InChI=1S/C12H12N/c1-2-9-13-12-8-7-10-5-3-4-6-11(10)12/h1,3,5-6,12-13H,7-9H2/t12-/m1/s1. The first-order valence-electron chi connectivity index (χ1n) is 4.57. The monoisotopic (exact) mass is 170 g/mol. The SMILES string of the molecule is C#CCN[C@@H]1CCc2cc[c]cc21. The van der Waals surface area contributed by atoms with Gasteiger partial charge in [-0.05, 0) is 36.1 Å². The molecule has 1 radical (unpaired) electrons. The van der Waals surface area contributed by atoms with Crippen LogP contribution < -0.4 is 5.32 Å². The van der Waals surface area contributed by atoms with Gasteiger partial charge in [0.15, 0.2) is 0 Å². The largest absolute Gasteiger partial charge is 0.299 e. The lowest BCUT2D eigenvalue weighted by atomic mass is 10.1. The summed E-state index contributed by atoms with van der Waals surface area (Å²) >= 11 is 0. The number of hydrogen-bond donors (Lipinski definition) is 1. The lowest BCUT2D eigenvalue weighted by molar-refractivity contribution is 0.568. The summed E-state index contributed by atoms with van der Waals surface area (Å²) in [4.78, 5) is 0. The van der Waals surface area contributed by atoms with Gasteiger partial charge in [-0.3, -0.25) is 5.32 Å². The van der Waals surface area contributed by atoms with Gasteiger partial charge in [-0.15, -0.1) is 6.42 Å². The van der Waals surface area contributed by atoms with Crippen molar-refractivity contribution in [1.29, 1.82) is 0 Å². The molecule has 0 unspecified atom stereocenters. The van der Waals surface area contributed by atoms with E-state index in [1.807, 2.05) is 6.07 Å². The zero-order valence-electron chi connectivity index (χ0n) is 7.51. The van der Waals surface area contributed by atoms with Crippen molar-refractivity contribution in [2.24, 2.45) is 0 Å². The van der Waals surface area contributed by atoms with Crippen LogP contribution in [0, 0.1) is 18.4 Å². The Labute approximate surface area is 79.2 Å². The van der Waals surface area contributed by atoms with Crippen LogP contribution in [0.1, 0.15) is 23.6 Å². The fraction of sp³-hybridized carbons (Fsp3) is 0.333. The third-order valence-corrected chi connectivity index (χ3v) is 2.52. The highest BCUT2D eigenvalue weighted by atomic mass is 14.9. The van der Waals surface area contributed by atoms with E-state index in [1.54, 1.807) is 0 Å². The summed E-state index contributed by atoms with van der Waals surface area (Å²) in [5, 5.41) is 3.33. The molecule has 0 aliphatic heterocycles. The van der Waals surface area contributed by atoms with E-state index in [-0.39, 0.29) is 0 Å². The summed E-state index contributed by atoms with van der Waals surface area (Å²) in [5.74, 6) is 2.60. The molecule has 65 valence electrons. The zero-order valence-corrected chi connectivity index (χ0v) is 7.51. The summed E-state index contributed by atoms with van der Waals surface area (Å²) in [5.41, 5.74) is 2.81. The molecule has 1 atom stereocenters. The molecule has 0 spiro atoms. The highest BCUT2D eigenvalue weighted by Gasteiger charge is 2.20. The first-order valence-corrected chi connectivity index (χ1v) is 4.57. The van der Waals surface area contributed by atoms with Crippen molar-refractivity contribution < 1.29 is 0 Å². The summed E-state index contributed by atoms with van der Waals surface area (Å²) in [7, 11) is 0. The topological polar surface area (TPSA) is 12.0 Å². The van der Waals surface area contributed by atoms with Gasteiger partial charge in [0.05, 0.1) is 6.54 Å². The second-order valence-corrected chi connectivity index (χ2v) is 3.30. The number of benzene rings is 1. The van der Waals surface area contributed by atoms with Crippen LogP contribution in [-0.4, -0.2) is 6.54 Å². The summed E-state index contributed by atoms with van der Waals surface area (Å²) in [6.07, 6.45) is 7.53. The highest BCUT2D eigenvalue weighted by molar-refractivity contribution is 5.33. The maximum absolute atomic E-state index is 5.21. The molecule has 0 bridgehead atoms. The molecule has 13 heavy (non-hydrogen) atoms. The van der Waals surface area contributed by atoms with E-state index in [0.717, 1.165) is 12.8 Å². The fourth-order valence-electron chi connectivity index (χ4n) is 1.88. The minimum absolute atomic E-state index is 0.448. The van der Waals surface area contributed by atoms with Crippen molar-refractivity contribution in [3.63, 3.8) is 0 Å². The summed E-state index contributed by atoms with van der Waals surface area (Å²) < 4.78 is 0. The normalized spacial score (nSPS) is 19.5. The van der Waals surface area contributed by atoms with E-state index in [1.165, 1.54) is 11.1 Å². The van der Waals surface area contributed by atoms with Crippen LogP contribution in [0.5, 0.6) is 0 Å². The second kappa shape index (κ2) is 3.64. The highest BCUT2D eigenvalue weighted by Crippen LogP contribution is 2.30. The lowest BCUT2D eigenvalue weighted by Crippen LogP contribution is -2.19. The van der Waals surface area contributed by atoms with Gasteiger partial charge < -0.3 is 0 Å². The van der Waals surface area contributed by atoms with Gasteiger partial charge in [0.1, 0.15) is 0 Å². The Bertz CT molecular complexity index is 335. The minimum Gasteiger partial charge on any atom is -0.299 e. The van der Waals surface area contributed by atoms with Crippen LogP contribution in [0.15, 0.2) is 18.2 Å². The Kier molecular flexibility index (Phi) is 2.33. The van der Waals surface area contributed by atoms with Gasteiger partial charge in [-0.25, -0.2) is 0 Å². The van der Waals surface area contributed by atoms with Crippen LogP contribution in [0.25, 0.3) is 0 Å². The summed E-state index contributed by atoms with van der Waals surface area (Å²) in [6, 6.07) is 9.74. The maximum Gasteiger partial charge on any atom is 0.0578 e. The molecule has 1 aliphatic rings. The Morgan fingerprint density at radius 1 is 1.69 bits per heavy atom. The van der Waals surface area contributed by atoms with Crippen molar-refractivity contribution >= 4 is 0 Å². The van der Waals surface area contributed by atoms with Gasteiger partial charge in [0.2, 0.25) is 0 Å². The molecule has 0 saturated carbocycles. The zero-order chi connectivity index (χ0) is 9.10. The average Bonchev–Trinajstić information content (AvgIpc) is 2.58. The third-order valence-electron chi connectivity index (χ3n) is 2.52. The molecule has 1 aliphatic carbocycles. The molecule has 0 fully saturated rings. The molecular weight excluding hydrogens is 158 g/mol. The quantitative estimate of drug-likeness (QED) is 0.666. The predicted octanol–water partition coefficient (Wildman–Crippen LogP) is 1.70. The van der Waals surface area contributed by atoms with Crippen LogP contribution in [0.2, 0.25) is 0 Å². The van der Waals surface area contributed by atoms with E-state index in [0.29, 0.717) is 12.6 Å². The molecule has 0 aromatic heterocycles. The van der Waals surface area contributed by atoms with Crippen LogP contribution in [0.4, 0.5) is 0 Å². The smallest absolute Gasteiger partial charge is 0.0578 e. The summed E-state index contributed by atoms with van der Waals surface area (Å²) in [6.45, 7) is 0.652. The van der Waals surface area contributed by atoms with E-state index >= 15 is 0 Å². The van der Waals surface area contributed by atoms with Crippen molar-refractivity contribution in [2.75, 3.05) is 6.54 Å². The number of terminal acetylenes is 1. The molecular formula is C12H12N. The van der Waals surface area contributed by atoms with E-state index < -0.39 is 0 Å². The Balaban J connectivity index is 2.15. The van der Waals surface area contributed by atoms with Crippen molar-refractivity contribution in [3.8, 4) is 12.3 Å². The average molecular weight is 170 g/mol. The Morgan fingerprint density at radius 2 is 2.62 bits per heavy atom. The third kappa shape index (κ3) is 1.59.